The highest BCUT2D eigenvalue weighted by Gasteiger charge is 2.26. The molecule has 106 valence electrons. The molecule has 1 unspecified atom stereocenters. The Kier molecular flexibility index (Phi) is 4.69. The molecule has 0 bridgehead atoms. The number of hydrogen-bond acceptors (Lipinski definition) is 8. The summed E-state index contributed by atoms with van der Waals surface area (Å²) in [6.07, 6.45) is 0. The van der Waals surface area contributed by atoms with Gasteiger partial charge >= 0.3 is 12.0 Å². The molecule has 19 heavy (non-hydrogen) atoms. The first kappa shape index (κ1) is 13.8. The fourth-order valence-electron chi connectivity index (χ4n) is 1.96. The average Bonchev–Trinajstić information content (AvgIpc) is 2.47. The van der Waals surface area contributed by atoms with Gasteiger partial charge in [-0.05, 0) is 7.05 Å². The van der Waals surface area contributed by atoms with Gasteiger partial charge in [-0.1, -0.05) is 0 Å². The van der Waals surface area contributed by atoms with Crippen molar-refractivity contribution in [3.63, 3.8) is 0 Å². The van der Waals surface area contributed by atoms with Crippen LogP contribution in [-0.4, -0.2) is 68.6 Å². The van der Waals surface area contributed by atoms with Crippen LogP contribution in [-0.2, 0) is 4.74 Å². The number of hydrogen-bond donors (Lipinski definition) is 1. The van der Waals surface area contributed by atoms with Crippen molar-refractivity contribution in [2.24, 2.45) is 0 Å². The van der Waals surface area contributed by atoms with Crippen LogP contribution in [0.2, 0.25) is 0 Å². The molecular weight excluding hydrogens is 250 g/mol. The molecule has 0 radical (unpaired) electrons. The number of rotatable bonds is 5. The Morgan fingerprint density at radius 3 is 2.53 bits per heavy atom. The van der Waals surface area contributed by atoms with Crippen LogP contribution in [0.25, 0.3) is 0 Å². The Bertz CT molecular complexity index is 393. The van der Waals surface area contributed by atoms with Crippen LogP contribution in [0, 0.1) is 0 Å². The fourth-order valence-corrected chi connectivity index (χ4v) is 1.96. The van der Waals surface area contributed by atoms with Crippen LogP contribution in [0.15, 0.2) is 0 Å². The van der Waals surface area contributed by atoms with Crippen molar-refractivity contribution >= 4 is 5.95 Å². The summed E-state index contributed by atoms with van der Waals surface area (Å²) in [5.41, 5.74) is 0. The number of methoxy groups -OCH3 is 2. The van der Waals surface area contributed by atoms with Gasteiger partial charge in [0.15, 0.2) is 0 Å². The van der Waals surface area contributed by atoms with Crippen molar-refractivity contribution in [2.75, 3.05) is 52.5 Å². The highest BCUT2D eigenvalue weighted by atomic mass is 16.5. The Hall–Kier alpha value is -1.67. The Morgan fingerprint density at radius 1 is 1.26 bits per heavy atom. The molecule has 1 fully saturated rings. The summed E-state index contributed by atoms with van der Waals surface area (Å²) in [5.74, 6) is 0.548. The van der Waals surface area contributed by atoms with Gasteiger partial charge in [0.05, 0.1) is 33.5 Å². The molecule has 1 N–H and O–H groups in total. The molecule has 0 saturated carbocycles. The maximum Gasteiger partial charge on any atom is 0.324 e. The molecule has 2 heterocycles. The van der Waals surface area contributed by atoms with Crippen molar-refractivity contribution in [2.45, 2.75) is 6.04 Å². The molecule has 0 spiro atoms. The van der Waals surface area contributed by atoms with E-state index in [4.69, 9.17) is 14.2 Å². The van der Waals surface area contributed by atoms with E-state index < -0.39 is 0 Å². The first-order valence-corrected chi connectivity index (χ1v) is 6.11. The number of aromatic nitrogens is 3. The number of morpholine rings is 1. The van der Waals surface area contributed by atoms with Gasteiger partial charge in [-0.3, -0.25) is 0 Å². The number of anilines is 1. The lowest BCUT2D eigenvalue weighted by Crippen LogP contribution is -2.50. The first-order chi connectivity index (χ1) is 9.28. The molecule has 0 aromatic carbocycles. The van der Waals surface area contributed by atoms with Crippen molar-refractivity contribution in [1.82, 2.24) is 20.3 Å². The molecule has 0 aliphatic carbocycles. The van der Waals surface area contributed by atoms with Crippen LogP contribution in [0.4, 0.5) is 5.95 Å². The Balaban J connectivity index is 2.26. The van der Waals surface area contributed by atoms with Crippen LogP contribution in [0.5, 0.6) is 12.0 Å². The zero-order valence-electron chi connectivity index (χ0n) is 11.4. The molecule has 1 aliphatic rings. The fraction of sp³-hybridized carbons (Fsp3) is 0.727. The van der Waals surface area contributed by atoms with Crippen molar-refractivity contribution in [3.8, 4) is 12.0 Å². The average molecular weight is 269 g/mol. The highest BCUT2D eigenvalue weighted by Crippen LogP contribution is 2.19. The van der Waals surface area contributed by atoms with Gasteiger partial charge in [-0.15, -0.1) is 4.98 Å². The predicted molar refractivity (Wildman–Crippen MR) is 68.8 cm³/mol. The van der Waals surface area contributed by atoms with Gasteiger partial charge in [-0.2, -0.15) is 9.97 Å². The van der Waals surface area contributed by atoms with Gasteiger partial charge in [0, 0.05) is 13.1 Å². The van der Waals surface area contributed by atoms with E-state index in [-0.39, 0.29) is 18.1 Å². The van der Waals surface area contributed by atoms with Crippen molar-refractivity contribution < 1.29 is 14.2 Å². The molecule has 2 rings (SSSR count). The third-order valence-electron chi connectivity index (χ3n) is 2.87. The lowest BCUT2D eigenvalue weighted by Gasteiger charge is -2.35. The van der Waals surface area contributed by atoms with E-state index in [2.05, 4.69) is 25.2 Å². The summed E-state index contributed by atoms with van der Waals surface area (Å²) in [7, 11) is 4.94. The standard InChI is InChI=1S/C11H19N5O3/c1-12-6-8-7-19-5-4-16(8)9-13-10(17-2)15-11(14-9)18-3/h8,12H,4-7H2,1-3H3. The van der Waals surface area contributed by atoms with Gasteiger partial charge in [0.2, 0.25) is 5.95 Å². The van der Waals surface area contributed by atoms with E-state index >= 15 is 0 Å². The molecule has 1 aromatic heterocycles. The zero-order valence-corrected chi connectivity index (χ0v) is 11.4. The lowest BCUT2D eigenvalue weighted by molar-refractivity contribution is 0.0932. The van der Waals surface area contributed by atoms with Gasteiger partial charge in [-0.25, -0.2) is 0 Å². The van der Waals surface area contributed by atoms with Gasteiger partial charge < -0.3 is 24.4 Å². The minimum atomic E-state index is 0.176. The zero-order chi connectivity index (χ0) is 13.7. The molecule has 1 atom stereocenters. The Labute approximate surface area is 112 Å². The highest BCUT2D eigenvalue weighted by molar-refractivity contribution is 5.34. The molecule has 1 aliphatic heterocycles. The number of nitrogens with zero attached hydrogens (tertiary/aromatic N) is 4. The molecule has 8 heteroatoms. The topological polar surface area (TPSA) is 81.6 Å². The summed E-state index contributed by atoms with van der Waals surface area (Å²) in [6, 6.07) is 0.670. The summed E-state index contributed by atoms with van der Waals surface area (Å²) in [6.45, 7) is 2.80. The smallest absolute Gasteiger partial charge is 0.324 e. The summed E-state index contributed by atoms with van der Waals surface area (Å²) >= 11 is 0. The number of likely N-dealkylation sites (N-methyl/N-ethyl adjacent to an activating group) is 1. The molecular formula is C11H19N5O3. The van der Waals surface area contributed by atoms with Crippen molar-refractivity contribution in [3.05, 3.63) is 0 Å². The largest absolute Gasteiger partial charge is 0.467 e. The lowest BCUT2D eigenvalue weighted by atomic mass is 10.2. The van der Waals surface area contributed by atoms with E-state index in [0.717, 1.165) is 13.1 Å². The second-order valence-corrected chi connectivity index (χ2v) is 4.09. The third-order valence-corrected chi connectivity index (χ3v) is 2.87. The second kappa shape index (κ2) is 6.48. The molecule has 1 saturated heterocycles. The Morgan fingerprint density at radius 2 is 1.95 bits per heavy atom. The second-order valence-electron chi connectivity index (χ2n) is 4.09. The predicted octanol–water partition coefficient (Wildman–Crippen LogP) is -0.687. The maximum absolute atomic E-state index is 5.48. The maximum atomic E-state index is 5.48. The van der Waals surface area contributed by atoms with Crippen LogP contribution >= 0.6 is 0 Å². The molecule has 1 aromatic rings. The third kappa shape index (κ3) is 3.21. The number of nitrogens with one attached hydrogen (secondary N) is 1. The van der Waals surface area contributed by atoms with E-state index in [1.54, 1.807) is 0 Å². The quantitative estimate of drug-likeness (QED) is 0.752. The first-order valence-electron chi connectivity index (χ1n) is 6.11. The minimum absolute atomic E-state index is 0.176. The molecule has 0 amide bonds. The van der Waals surface area contributed by atoms with Gasteiger partial charge in [0.25, 0.3) is 0 Å². The van der Waals surface area contributed by atoms with Crippen LogP contribution < -0.4 is 19.7 Å². The van der Waals surface area contributed by atoms with E-state index in [1.165, 1.54) is 14.2 Å². The van der Waals surface area contributed by atoms with E-state index in [1.807, 2.05) is 7.05 Å². The SMILES string of the molecule is CNCC1COCCN1c1nc(OC)nc(OC)n1. The van der Waals surface area contributed by atoms with E-state index in [0.29, 0.717) is 19.2 Å². The normalized spacial score (nSPS) is 19.3. The molecule has 8 nitrogen and oxygen atoms in total. The minimum Gasteiger partial charge on any atom is -0.467 e. The summed E-state index contributed by atoms with van der Waals surface area (Å²) in [4.78, 5) is 14.6. The van der Waals surface area contributed by atoms with Crippen LogP contribution in [0.3, 0.4) is 0 Å². The van der Waals surface area contributed by atoms with E-state index in [9.17, 15) is 0 Å². The summed E-state index contributed by atoms with van der Waals surface area (Å²) in [5, 5.41) is 3.14. The van der Waals surface area contributed by atoms with Crippen molar-refractivity contribution in [1.29, 1.82) is 0 Å². The monoisotopic (exact) mass is 269 g/mol. The van der Waals surface area contributed by atoms with Gasteiger partial charge in [0.1, 0.15) is 0 Å². The number of ether oxygens (including phenoxy) is 3. The van der Waals surface area contributed by atoms with Crippen LogP contribution in [0.1, 0.15) is 0 Å². The summed E-state index contributed by atoms with van der Waals surface area (Å²) < 4.78 is 15.6.